The molecule has 39 heavy (non-hydrogen) atoms. The standard InChI is InChI=1S/C28H41N3O8/c1-15(14-32)8-7-9-22(37-5)27(39-28(31)36)18(4)12-17(3)25(34)23(38-6)11-16(2)10-19-24(30)21(33)13-20(29)26(19)35/h7-9,12-14,16-17,22-23,25,27,34H,10-11,29-30H2,1-6H3,(H2,31,36)/b9-7-,15-8+,18-12+. The summed E-state index contributed by atoms with van der Waals surface area (Å²) in [5.74, 6) is -1.62. The molecule has 6 unspecified atom stereocenters. The lowest BCUT2D eigenvalue weighted by Gasteiger charge is -2.29. The minimum Gasteiger partial charge on any atom is -0.439 e. The number of aliphatic hydroxyl groups is 1. The summed E-state index contributed by atoms with van der Waals surface area (Å²) < 4.78 is 16.3. The van der Waals surface area contributed by atoms with Crippen molar-refractivity contribution in [3.63, 3.8) is 0 Å². The van der Waals surface area contributed by atoms with E-state index in [1.807, 2.05) is 6.92 Å². The number of hydrogen-bond donors (Lipinski definition) is 4. The number of rotatable bonds is 15. The average molecular weight is 548 g/mol. The number of amides is 1. The minimum absolute atomic E-state index is 0.124. The molecule has 7 N–H and O–H groups in total. The Morgan fingerprint density at radius 1 is 1.13 bits per heavy atom. The monoisotopic (exact) mass is 547 g/mol. The van der Waals surface area contributed by atoms with Crippen molar-refractivity contribution in [2.45, 2.75) is 65.0 Å². The second kappa shape index (κ2) is 15.8. The van der Waals surface area contributed by atoms with E-state index in [9.17, 15) is 24.3 Å². The third-order valence-electron chi connectivity index (χ3n) is 6.46. The Kier molecular flexibility index (Phi) is 13.5. The lowest BCUT2D eigenvalue weighted by molar-refractivity contribution is -0.116. The van der Waals surface area contributed by atoms with Gasteiger partial charge < -0.3 is 36.5 Å². The maximum absolute atomic E-state index is 12.4. The molecule has 1 aliphatic rings. The zero-order chi connectivity index (χ0) is 29.9. The topological polar surface area (TPSA) is 194 Å². The predicted molar refractivity (Wildman–Crippen MR) is 146 cm³/mol. The summed E-state index contributed by atoms with van der Waals surface area (Å²) in [7, 11) is 2.90. The van der Waals surface area contributed by atoms with Gasteiger partial charge in [0.2, 0.25) is 11.6 Å². The molecule has 1 rings (SSSR count). The Balaban J connectivity index is 3.06. The predicted octanol–water partition coefficient (Wildman–Crippen LogP) is 1.75. The lowest BCUT2D eigenvalue weighted by Crippen LogP contribution is -2.37. The molecule has 11 nitrogen and oxygen atoms in total. The van der Waals surface area contributed by atoms with Crippen LogP contribution in [-0.2, 0) is 28.6 Å². The Bertz CT molecular complexity index is 1070. The molecule has 0 aliphatic heterocycles. The number of hydrogen-bond acceptors (Lipinski definition) is 10. The number of primary amides is 1. The third-order valence-corrected chi connectivity index (χ3v) is 6.46. The van der Waals surface area contributed by atoms with Crippen molar-refractivity contribution in [1.29, 1.82) is 0 Å². The number of nitrogens with two attached hydrogens (primary N) is 3. The van der Waals surface area contributed by atoms with Crippen molar-refractivity contribution in [3.8, 4) is 0 Å². The van der Waals surface area contributed by atoms with Crippen molar-refractivity contribution in [1.82, 2.24) is 0 Å². The maximum Gasteiger partial charge on any atom is 0.405 e. The van der Waals surface area contributed by atoms with Gasteiger partial charge in [-0.2, -0.15) is 0 Å². The molecular weight excluding hydrogens is 506 g/mol. The largest absolute Gasteiger partial charge is 0.439 e. The van der Waals surface area contributed by atoms with Crippen LogP contribution in [-0.4, -0.2) is 67.7 Å². The molecule has 0 radical (unpaired) electrons. The fraction of sp³-hybridized carbons (Fsp3) is 0.500. The molecule has 0 fully saturated rings. The van der Waals surface area contributed by atoms with Crippen LogP contribution in [0.5, 0.6) is 0 Å². The van der Waals surface area contributed by atoms with Crippen molar-refractivity contribution in [3.05, 3.63) is 58.5 Å². The molecule has 0 saturated heterocycles. The van der Waals surface area contributed by atoms with Crippen LogP contribution in [0.3, 0.4) is 0 Å². The lowest BCUT2D eigenvalue weighted by atomic mass is 9.85. The summed E-state index contributed by atoms with van der Waals surface area (Å²) in [6.45, 7) is 6.98. The van der Waals surface area contributed by atoms with Crippen LogP contribution in [0.4, 0.5) is 4.79 Å². The van der Waals surface area contributed by atoms with Gasteiger partial charge in [0.15, 0.2) is 6.10 Å². The molecule has 0 bridgehead atoms. The van der Waals surface area contributed by atoms with Gasteiger partial charge in [-0.15, -0.1) is 0 Å². The highest BCUT2D eigenvalue weighted by Gasteiger charge is 2.31. The quantitative estimate of drug-likeness (QED) is 0.0771. The molecule has 0 aromatic carbocycles. The normalized spacial score (nSPS) is 19.8. The first-order valence-corrected chi connectivity index (χ1v) is 12.5. The second-order valence-corrected chi connectivity index (χ2v) is 9.74. The average Bonchev–Trinajstić information content (AvgIpc) is 2.89. The highest BCUT2D eigenvalue weighted by atomic mass is 16.6. The molecule has 0 heterocycles. The summed E-state index contributed by atoms with van der Waals surface area (Å²) in [6, 6.07) is 0. The van der Waals surface area contributed by atoms with Crippen LogP contribution in [0.1, 0.15) is 40.5 Å². The number of aldehydes is 1. The summed E-state index contributed by atoms with van der Waals surface area (Å²) in [6.07, 6.45) is 4.59. The van der Waals surface area contributed by atoms with Gasteiger partial charge in [-0.05, 0) is 43.8 Å². The van der Waals surface area contributed by atoms with E-state index < -0.39 is 48.0 Å². The highest BCUT2D eigenvalue weighted by molar-refractivity contribution is 6.21. The molecule has 0 aromatic rings. The van der Waals surface area contributed by atoms with Gasteiger partial charge in [-0.1, -0.05) is 38.2 Å². The molecule has 216 valence electrons. The Morgan fingerprint density at radius 2 is 1.77 bits per heavy atom. The Labute approximate surface area is 229 Å². The van der Waals surface area contributed by atoms with Crippen molar-refractivity contribution < 1.29 is 38.5 Å². The fourth-order valence-electron chi connectivity index (χ4n) is 4.29. The van der Waals surface area contributed by atoms with Crippen molar-refractivity contribution in [2.75, 3.05) is 14.2 Å². The summed E-state index contributed by atoms with van der Waals surface area (Å²) in [5.41, 5.74) is 17.7. The van der Waals surface area contributed by atoms with Crippen molar-refractivity contribution in [2.24, 2.45) is 29.0 Å². The number of carbonyl (C=O) groups excluding carboxylic acids is 4. The first-order valence-electron chi connectivity index (χ1n) is 12.5. The molecule has 0 saturated carbocycles. The van der Waals surface area contributed by atoms with Gasteiger partial charge >= 0.3 is 6.09 Å². The molecule has 6 atom stereocenters. The maximum atomic E-state index is 12.4. The highest BCUT2D eigenvalue weighted by Crippen LogP contribution is 2.27. The summed E-state index contributed by atoms with van der Waals surface area (Å²) >= 11 is 0. The van der Waals surface area contributed by atoms with Gasteiger partial charge in [0.05, 0.1) is 23.6 Å². The number of ether oxygens (including phenoxy) is 3. The zero-order valence-electron chi connectivity index (χ0n) is 23.4. The molecule has 11 heteroatoms. The minimum atomic E-state index is -1.00. The SMILES string of the molecule is COC(/C=C\C=C(/C)C=O)C(OC(N)=O)/C(C)=C/C(C)C(O)C(CC(C)CC1=C(N)C(=O)C=C(N)C1=O)OC. The van der Waals surface area contributed by atoms with E-state index in [0.29, 0.717) is 23.9 Å². The number of ketones is 2. The van der Waals surface area contributed by atoms with E-state index in [1.54, 1.807) is 45.1 Å². The van der Waals surface area contributed by atoms with Crippen LogP contribution < -0.4 is 17.2 Å². The number of methoxy groups -OCH3 is 2. The molecule has 1 amide bonds. The first-order chi connectivity index (χ1) is 18.3. The van der Waals surface area contributed by atoms with E-state index in [0.717, 1.165) is 6.08 Å². The smallest absolute Gasteiger partial charge is 0.405 e. The van der Waals surface area contributed by atoms with Gasteiger partial charge in [0.25, 0.3) is 0 Å². The molecular formula is C28H41N3O8. The van der Waals surface area contributed by atoms with Crippen LogP contribution >= 0.6 is 0 Å². The van der Waals surface area contributed by atoms with E-state index in [1.165, 1.54) is 14.2 Å². The van der Waals surface area contributed by atoms with Gasteiger partial charge in [-0.25, -0.2) is 4.79 Å². The van der Waals surface area contributed by atoms with E-state index in [-0.39, 0.29) is 29.3 Å². The van der Waals surface area contributed by atoms with Crippen LogP contribution in [0.25, 0.3) is 0 Å². The van der Waals surface area contributed by atoms with Gasteiger partial charge in [-0.3, -0.25) is 14.4 Å². The number of allylic oxidation sites excluding steroid dienone is 5. The summed E-state index contributed by atoms with van der Waals surface area (Å²) in [4.78, 5) is 46.8. The van der Waals surface area contributed by atoms with E-state index >= 15 is 0 Å². The van der Waals surface area contributed by atoms with E-state index in [4.69, 9.17) is 31.4 Å². The molecule has 1 aliphatic carbocycles. The molecule has 0 spiro atoms. The zero-order valence-corrected chi connectivity index (χ0v) is 23.4. The van der Waals surface area contributed by atoms with Crippen molar-refractivity contribution >= 4 is 23.9 Å². The first kappa shape index (κ1) is 33.5. The van der Waals surface area contributed by atoms with Crippen LogP contribution in [0, 0.1) is 11.8 Å². The fourth-order valence-corrected chi connectivity index (χ4v) is 4.29. The Hall–Kier alpha value is -3.54. The molecule has 0 aromatic heterocycles. The number of carbonyl (C=O) groups is 4. The van der Waals surface area contributed by atoms with Crippen LogP contribution in [0.2, 0.25) is 0 Å². The van der Waals surface area contributed by atoms with Crippen LogP contribution in [0.15, 0.2) is 58.5 Å². The number of Topliss-reactive ketones (excluding diaryl/α,β-unsaturated/α-hetero) is 1. The van der Waals surface area contributed by atoms with E-state index in [2.05, 4.69) is 0 Å². The third kappa shape index (κ3) is 9.93. The summed E-state index contributed by atoms with van der Waals surface area (Å²) in [5, 5.41) is 11.1. The second-order valence-electron chi connectivity index (χ2n) is 9.74. The Morgan fingerprint density at radius 3 is 2.31 bits per heavy atom. The van der Waals surface area contributed by atoms with Gasteiger partial charge in [0, 0.05) is 31.8 Å². The number of aliphatic hydroxyl groups excluding tert-OH is 1. The van der Waals surface area contributed by atoms with Gasteiger partial charge in [0.1, 0.15) is 12.4 Å².